The average molecular weight is 381 g/mol. The number of carbonyl (C=O) groups is 1. The molecule has 0 aromatic heterocycles. The Balaban J connectivity index is 1.67. The fourth-order valence-electron chi connectivity index (χ4n) is 2.38. The summed E-state index contributed by atoms with van der Waals surface area (Å²) in [7, 11) is -3.67. The molecule has 0 saturated heterocycles. The highest BCUT2D eigenvalue weighted by atomic mass is 35.5. The summed E-state index contributed by atoms with van der Waals surface area (Å²) >= 11 is 5.83. The minimum Gasteiger partial charge on any atom is -0.356 e. The van der Waals surface area contributed by atoms with Crippen molar-refractivity contribution in [3.8, 4) is 0 Å². The molecule has 7 heteroatoms. The first kappa shape index (κ1) is 19.4. The zero-order valence-electron chi connectivity index (χ0n) is 13.7. The molecule has 0 atom stereocenters. The van der Waals surface area contributed by atoms with Crippen LogP contribution in [0, 0.1) is 0 Å². The van der Waals surface area contributed by atoms with E-state index in [2.05, 4.69) is 5.32 Å². The van der Waals surface area contributed by atoms with Crippen molar-refractivity contribution in [1.82, 2.24) is 5.32 Å². The van der Waals surface area contributed by atoms with Crippen LogP contribution in [0.25, 0.3) is 0 Å². The Morgan fingerprint density at radius 3 is 2.12 bits per heavy atom. The molecule has 0 aliphatic heterocycles. The highest BCUT2D eigenvalue weighted by Gasteiger charge is 2.07. The summed E-state index contributed by atoms with van der Waals surface area (Å²) in [6, 6.07) is 14.0. The largest absolute Gasteiger partial charge is 0.356 e. The standard InChI is InChI=1S/C18H21ClN2O3S/c19-16-8-4-14(5-9-16)2-1-3-18(22)21-13-12-15-6-10-17(11-7-15)25(20,23)24/h4-11H,1-3,12-13H2,(H,21,22)(H2,20,23,24). The van der Waals surface area contributed by atoms with Gasteiger partial charge >= 0.3 is 0 Å². The fraction of sp³-hybridized carbons (Fsp3) is 0.278. The summed E-state index contributed by atoms with van der Waals surface area (Å²) in [5, 5.41) is 8.63. The summed E-state index contributed by atoms with van der Waals surface area (Å²) in [5.74, 6) is 0.00937. The van der Waals surface area contributed by atoms with Crippen LogP contribution in [-0.4, -0.2) is 20.9 Å². The molecule has 134 valence electrons. The van der Waals surface area contributed by atoms with Gasteiger partial charge in [-0.2, -0.15) is 0 Å². The van der Waals surface area contributed by atoms with Crippen LogP contribution in [0.4, 0.5) is 0 Å². The number of benzene rings is 2. The summed E-state index contributed by atoms with van der Waals surface area (Å²) in [6.45, 7) is 0.508. The second kappa shape index (κ2) is 8.99. The van der Waals surface area contributed by atoms with E-state index in [4.69, 9.17) is 16.7 Å². The number of carbonyl (C=O) groups excluding carboxylic acids is 1. The predicted molar refractivity (Wildman–Crippen MR) is 98.9 cm³/mol. The Kier molecular flexibility index (Phi) is 6.99. The van der Waals surface area contributed by atoms with E-state index in [1.165, 1.54) is 12.1 Å². The van der Waals surface area contributed by atoms with Crippen LogP contribution < -0.4 is 10.5 Å². The summed E-state index contributed by atoms with van der Waals surface area (Å²) < 4.78 is 22.4. The van der Waals surface area contributed by atoms with Crippen LogP contribution in [0.3, 0.4) is 0 Å². The molecule has 0 bridgehead atoms. The lowest BCUT2D eigenvalue weighted by atomic mass is 10.1. The van der Waals surface area contributed by atoms with Gasteiger partial charge in [0, 0.05) is 18.0 Å². The summed E-state index contributed by atoms with van der Waals surface area (Å²) in [4.78, 5) is 11.9. The quantitative estimate of drug-likeness (QED) is 0.737. The lowest BCUT2D eigenvalue weighted by Gasteiger charge is -2.06. The number of primary sulfonamides is 1. The molecule has 5 nitrogen and oxygen atoms in total. The Morgan fingerprint density at radius 2 is 1.52 bits per heavy atom. The minimum absolute atomic E-state index is 0.00937. The zero-order chi connectivity index (χ0) is 18.3. The third-order valence-corrected chi connectivity index (χ3v) is 4.95. The van der Waals surface area contributed by atoms with E-state index in [1.54, 1.807) is 12.1 Å². The third kappa shape index (κ3) is 6.86. The van der Waals surface area contributed by atoms with E-state index in [-0.39, 0.29) is 10.8 Å². The van der Waals surface area contributed by atoms with Crippen molar-refractivity contribution in [1.29, 1.82) is 0 Å². The normalized spacial score (nSPS) is 11.3. The maximum atomic E-state index is 11.8. The fourth-order valence-corrected chi connectivity index (χ4v) is 3.03. The molecule has 2 rings (SSSR count). The molecule has 0 fully saturated rings. The third-order valence-electron chi connectivity index (χ3n) is 3.77. The average Bonchev–Trinajstić information content (AvgIpc) is 2.56. The number of halogens is 1. The SMILES string of the molecule is NS(=O)(=O)c1ccc(CCNC(=O)CCCc2ccc(Cl)cc2)cc1. The summed E-state index contributed by atoms with van der Waals surface area (Å²) in [5.41, 5.74) is 2.10. The first-order valence-electron chi connectivity index (χ1n) is 7.97. The van der Waals surface area contributed by atoms with Crippen molar-refractivity contribution < 1.29 is 13.2 Å². The van der Waals surface area contributed by atoms with Gasteiger partial charge in [-0.1, -0.05) is 35.9 Å². The maximum absolute atomic E-state index is 11.8. The van der Waals surface area contributed by atoms with Gasteiger partial charge in [0.15, 0.2) is 0 Å². The van der Waals surface area contributed by atoms with Crippen LogP contribution in [-0.2, 0) is 27.7 Å². The molecule has 2 aromatic rings. The number of hydrogen-bond acceptors (Lipinski definition) is 3. The van der Waals surface area contributed by atoms with Gasteiger partial charge in [0.05, 0.1) is 4.90 Å². The van der Waals surface area contributed by atoms with Crippen molar-refractivity contribution in [2.75, 3.05) is 6.54 Å². The number of nitrogens with two attached hydrogens (primary N) is 1. The molecule has 1 amide bonds. The van der Waals surface area contributed by atoms with Crippen LogP contribution in [0.2, 0.25) is 5.02 Å². The first-order chi connectivity index (χ1) is 11.8. The van der Waals surface area contributed by atoms with Gasteiger partial charge in [0.1, 0.15) is 0 Å². The van der Waals surface area contributed by atoms with Crippen molar-refractivity contribution in [2.24, 2.45) is 5.14 Å². The van der Waals surface area contributed by atoms with E-state index in [9.17, 15) is 13.2 Å². The van der Waals surface area contributed by atoms with Crippen molar-refractivity contribution in [3.63, 3.8) is 0 Å². The predicted octanol–water partition coefficient (Wildman–Crippen LogP) is 2.67. The number of hydrogen-bond donors (Lipinski definition) is 2. The molecule has 0 radical (unpaired) electrons. The monoisotopic (exact) mass is 380 g/mol. The van der Waals surface area contributed by atoms with E-state index in [0.29, 0.717) is 24.4 Å². The van der Waals surface area contributed by atoms with Crippen LogP contribution in [0.1, 0.15) is 24.0 Å². The molecule has 0 heterocycles. The van der Waals surface area contributed by atoms with Crippen molar-refractivity contribution in [2.45, 2.75) is 30.6 Å². The zero-order valence-corrected chi connectivity index (χ0v) is 15.3. The molecular formula is C18H21ClN2O3S. The Hall–Kier alpha value is -1.89. The van der Waals surface area contributed by atoms with Crippen molar-refractivity contribution >= 4 is 27.5 Å². The van der Waals surface area contributed by atoms with Crippen LogP contribution in [0.5, 0.6) is 0 Å². The number of amides is 1. The molecule has 0 saturated carbocycles. The first-order valence-corrected chi connectivity index (χ1v) is 9.90. The van der Waals surface area contributed by atoms with E-state index in [0.717, 1.165) is 24.0 Å². The number of aryl methyl sites for hydroxylation is 1. The lowest BCUT2D eigenvalue weighted by molar-refractivity contribution is -0.121. The maximum Gasteiger partial charge on any atom is 0.238 e. The number of nitrogens with one attached hydrogen (secondary N) is 1. The summed E-state index contributed by atoms with van der Waals surface area (Å²) in [6.07, 6.45) is 2.71. The van der Waals surface area contributed by atoms with Gasteiger partial charge in [-0.15, -0.1) is 0 Å². The van der Waals surface area contributed by atoms with Gasteiger partial charge in [0.25, 0.3) is 0 Å². The van der Waals surface area contributed by atoms with Gasteiger partial charge in [-0.3, -0.25) is 4.79 Å². The van der Waals surface area contributed by atoms with Crippen LogP contribution >= 0.6 is 11.6 Å². The molecule has 0 spiro atoms. The molecule has 0 unspecified atom stereocenters. The minimum atomic E-state index is -3.67. The topological polar surface area (TPSA) is 89.3 Å². The van der Waals surface area contributed by atoms with Gasteiger partial charge < -0.3 is 5.32 Å². The second-order valence-electron chi connectivity index (χ2n) is 5.77. The Labute approximate surface area is 153 Å². The molecular weight excluding hydrogens is 360 g/mol. The molecule has 0 aliphatic carbocycles. The van der Waals surface area contributed by atoms with E-state index in [1.807, 2.05) is 24.3 Å². The van der Waals surface area contributed by atoms with Crippen LogP contribution in [0.15, 0.2) is 53.4 Å². The lowest BCUT2D eigenvalue weighted by Crippen LogP contribution is -2.25. The van der Waals surface area contributed by atoms with Gasteiger partial charge in [-0.25, -0.2) is 13.6 Å². The number of rotatable bonds is 8. The highest BCUT2D eigenvalue weighted by molar-refractivity contribution is 7.89. The van der Waals surface area contributed by atoms with E-state index < -0.39 is 10.0 Å². The Morgan fingerprint density at radius 1 is 0.960 bits per heavy atom. The van der Waals surface area contributed by atoms with Gasteiger partial charge in [0.2, 0.25) is 15.9 Å². The molecule has 3 N–H and O–H groups in total. The van der Waals surface area contributed by atoms with E-state index >= 15 is 0 Å². The highest BCUT2D eigenvalue weighted by Crippen LogP contribution is 2.12. The van der Waals surface area contributed by atoms with Gasteiger partial charge in [-0.05, 0) is 54.7 Å². The molecule has 2 aromatic carbocycles. The molecule has 25 heavy (non-hydrogen) atoms. The smallest absolute Gasteiger partial charge is 0.238 e. The second-order valence-corrected chi connectivity index (χ2v) is 7.77. The Bertz CT molecular complexity index is 803. The van der Waals surface area contributed by atoms with Crippen molar-refractivity contribution in [3.05, 3.63) is 64.7 Å². The molecule has 0 aliphatic rings. The number of sulfonamides is 1.